The van der Waals surface area contributed by atoms with Crippen LogP contribution in [0.3, 0.4) is 0 Å². The van der Waals surface area contributed by atoms with Crippen molar-refractivity contribution < 1.29 is 4.79 Å². The molecule has 1 N–H and O–H groups in total. The molecule has 2 aromatic rings. The predicted molar refractivity (Wildman–Crippen MR) is 90.0 cm³/mol. The van der Waals surface area contributed by atoms with E-state index in [9.17, 15) is 4.79 Å². The molecular weight excluding hydrogens is 334 g/mol. The van der Waals surface area contributed by atoms with Crippen LogP contribution in [-0.2, 0) is 10.5 Å². The zero-order valence-electron chi connectivity index (χ0n) is 11.2. The number of thioether (sulfide) groups is 1. The van der Waals surface area contributed by atoms with E-state index in [4.69, 9.17) is 0 Å². The molecule has 0 saturated carbocycles. The second-order valence-corrected chi connectivity index (χ2v) is 6.68. The monoisotopic (exact) mass is 349 g/mol. The summed E-state index contributed by atoms with van der Waals surface area (Å²) in [7, 11) is 0. The minimum absolute atomic E-state index is 0.0354. The van der Waals surface area contributed by atoms with Gasteiger partial charge < -0.3 is 5.32 Å². The SMILES string of the molecule is C[C@H](SCc1ccccc1)C(=O)Nc1ccc(Br)cc1. The number of carbonyl (C=O) groups excluding carboxylic acids is 1. The first kappa shape index (κ1) is 15.1. The average molecular weight is 350 g/mol. The van der Waals surface area contributed by atoms with Gasteiger partial charge in [-0.15, -0.1) is 11.8 Å². The fourth-order valence-corrected chi connectivity index (χ4v) is 2.76. The van der Waals surface area contributed by atoms with Gasteiger partial charge in [0.05, 0.1) is 5.25 Å². The van der Waals surface area contributed by atoms with Crippen LogP contribution in [0, 0.1) is 0 Å². The smallest absolute Gasteiger partial charge is 0.237 e. The quantitative estimate of drug-likeness (QED) is 0.846. The third kappa shape index (κ3) is 4.69. The molecule has 104 valence electrons. The van der Waals surface area contributed by atoms with E-state index in [2.05, 4.69) is 33.4 Å². The van der Waals surface area contributed by atoms with E-state index >= 15 is 0 Å². The van der Waals surface area contributed by atoms with Crippen LogP contribution in [0.25, 0.3) is 0 Å². The molecule has 2 nitrogen and oxygen atoms in total. The molecule has 2 aromatic carbocycles. The van der Waals surface area contributed by atoms with Crippen LogP contribution >= 0.6 is 27.7 Å². The van der Waals surface area contributed by atoms with Gasteiger partial charge >= 0.3 is 0 Å². The average Bonchev–Trinajstić information content (AvgIpc) is 2.48. The molecular formula is C16H16BrNOS. The Balaban J connectivity index is 1.84. The number of hydrogen-bond acceptors (Lipinski definition) is 2. The molecule has 0 saturated heterocycles. The van der Waals surface area contributed by atoms with Crippen molar-refractivity contribution in [2.75, 3.05) is 5.32 Å². The number of amides is 1. The Morgan fingerprint density at radius 1 is 1.15 bits per heavy atom. The molecule has 0 spiro atoms. The molecule has 2 rings (SSSR count). The summed E-state index contributed by atoms with van der Waals surface area (Å²) >= 11 is 5.01. The third-order valence-electron chi connectivity index (χ3n) is 2.82. The summed E-state index contributed by atoms with van der Waals surface area (Å²) in [5.41, 5.74) is 2.06. The van der Waals surface area contributed by atoms with Gasteiger partial charge in [0.15, 0.2) is 0 Å². The second kappa shape index (κ2) is 7.50. The molecule has 4 heteroatoms. The van der Waals surface area contributed by atoms with Crippen LogP contribution in [0.1, 0.15) is 12.5 Å². The molecule has 0 aliphatic rings. The van der Waals surface area contributed by atoms with E-state index in [0.717, 1.165) is 15.9 Å². The highest BCUT2D eigenvalue weighted by Crippen LogP contribution is 2.20. The number of benzene rings is 2. The summed E-state index contributed by atoms with van der Waals surface area (Å²) in [5.74, 6) is 0.878. The van der Waals surface area contributed by atoms with E-state index in [1.54, 1.807) is 11.8 Å². The summed E-state index contributed by atoms with van der Waals surface area (Å²) in [6, 6.07) is 17.8. The van der Waals surface area contributed by atoms with E-state index in [-0.39, 0.29) is 11.2 Å². The highest BCUT2D eigenvalue weighted by Gasteiger charge is 2.13. The second-order valence-electron chi connectivity index (χ2n) is 4.43. The van der Waals surface area contributed by atoms with Crippen LogP contribution < -0.4 is 5.32 Å². The molecule has 0 heterocycles. The molecule has 0 radical (unpaired) electrons. The lowest BCUT2D eigenvalue weighted by atomic mass is 10.2. The minimum Gasteiger partial charge on any atom is -0.325 e. The predicted octanol–water partition coefficient (Wildman–Crippen LogP) is 4.71. The fraction of sp³-hybridized carbons (Fsp3) is 0.188. The number of nitrogens with one attached hydrogen (secondary N) is 1. The Morgan fingerprint density at radius 2 is 1.80 bits per heavy atom. The van der Waals surface area contributed by atoms with Gasteiger partial charge in [-0.2, -0.15) is 0 Å². The maximum atomic E-state index is 12.1. The highest BCUT2D eigenvalue weighted by atomic mass is 79.9. The molecule has 0 aromatic heterocycles. The third-order valence-corrected chi connectivity index (χ3v) is 4.57. The maximum absolute atomic E-state index is 12.1. The van der Waals surface area contributed by atoms with E-state index < -0.39 is 0 Å². The summed E-state index contributed by atoms with van der Waals surface area (Å²) in [5, 5.41) is 2.84. The normalized spacial score (nSPS) is 11.9. The molecule has 0 aliphatic heterocycles. The maximum Gasteiger partial charge on any atom is 0.237 e. The van der Waals surface area contributed by atoms with Gasteiger partial charge in [0.1, 0.15) is 0 Å². The van der Waals surface area contributed by atoms with Gasteiger partial charge in [0.25, 0.3) is 0 Å². The van der Waals surface area contributed by atoms with Crippen LogP contribution in [-0.4, -0.2) is 11.2 Å². The number of rotatable bonds is 5. The first-order chi connectivity index (χ1) is 9.65. The summed E-state index contributed by atoms with van der Waals surface area (Å²) in [4.78, 5) is 12.1. The molecule has 0 aliphatic carbocycles. The molecule has 1 amide bonds. The largest absolute Gasteiger partial charge is 0.325 e. The van der Waals surface area contributed by atoms with Crippen molar-refractivity contribution in [2.24, 2.45) is 0 Å². The number of carbonyl (C=O) groups is 1. The zero-order valence-corrected chi connectivity index (χ0v) is 13.6. The van der Waals surface area contributed by atoms with Gasteiger partial charge in [0.2, 0.25) is 5.91 Å². The standard InChI is InChI=1S/C16H16BrNOS/c1-12(20-11-13-5-3-2-4-6-13)16(19)18-15-9-7-14(17)8-10-15/h2-10,12H,11H2,1H3,(H,18,19)/t12-/m0/s1. The Morgan fingerprint density at radius 3 is 2.45 bits per heavy atom. The van der Waals surface area contributed by atoms with Crippen molar-refractivity contribution in [1.82, 2.24) is 0 Å². The van der Waals surface area contributed by atoms with Gasteiger partial charge in [-0.1, -0.05) is 46.3 Å². The van der Waals surface area contributed by atoms with Gasteiger partial charge in [-0.25, -0.2) is 0 Å². The Labute approximate surface area is 132 Å². The van der Waals surface area contributed by atoms with Gasteiger partial charge in [-0.3, -0.25) is 4.79 Å². The Kier molecular flexibility index (Phi) is 5.68. The van der Waals surface area contributed by atoms with Crippen molar-refractivity contribution in [3.8, 4) is 0 Å². The van der Waals surface area contributed by atoms with Crippen LogP contribution in [0.2, 0.25) is 0 Å². The lowest BCUT2D eigenvalue weighted by molar-refractivity contribution is -0.115. The van der Waals surface area contributed by atoms with Gasteiger partial charge in [0, 0.05) is 15.9 Å². The van der Waals surface area contributed by atoms with E-state index in [1.165, 1.54) is 5.56 Å². The first-order valence-corrected chi connectivity index (χ1v) is 8.21. The number of anilines is 1. The summed E-state index contributed by atoms with van der Waals surface area (Å²) in [6.45, 7) is 1.93. The molecule has 0 bridgehead atoms. The van der Waals surface area contributed by atoms with Crippen molar-refractivity contribution in [3.63, 3.8) is 0 Å². The lowest BCUT2D eigenvalue weighted by Crippen LogP contribution is -2.22. The molecule has 0 unspecified atom stereocenters. The van der Waals surface area contributed by atoms with Crippen molar-refractivity contribution in [2.45, 2.75) is 17.9 Å². The zero-order chi connectivity index (χ0) is 14.4. The number of halogens is 1. The van der Waals surface area contributed by atoms with E-state index in [1.807, 2.05) is 49.4 Å². The van der Waals surface area contributed by atoms with Crippen LogP contribution in [0.15, 0.2) is 59.1 Å². The number of hydrogen-bond donors (Lipinski definition) is 1. The highest BCUT2D eigenvalue weighted by molar-refractivity contribution is 9.10. The first-order valence-electron chi connectivity index (χ1n) is 6.37. The molecule has 0 fully saturated rings. The van der Waals surface area contributed by atoms with Crippen LogP contribution in [0.5, 0.6) is 0 Å². The summed E-state index contributed by atoms with van der Waals surface area (Å²) in [6.07, 6.45) is 0. The fourth-order valence-electron chi connectivity index (χ4n) is 1.65. The van der Waals surface area contributed by atoms with E-state index in [0.29, 0.717) is 0 Å². The minimum atomic E-state index is -0.0844. The lowest BCUT2D eigenvalue weighted by Gasteiger charge is -2.12. The van der Waals surface area contributed by atoms with Crippen molar-refractivity contribution in [1.29, 1.82) is 0 Å². The molecule has 1 atom stereocenters. The Bertz CT molecular complexity index is 556. The van der Waals surface area contributed by atoms with Crippen molar-refractivity contribution in [3.05, 3.63) is 64.6 Å². The Hall–Kier alpha value is -1.26. The summed E-state index contributed by atoms with van der Waals surface area (Å²) < 4.78 is 1.00. The van der Waals surface area contributed by atoms with Crippen molar-refractivity contribution >= 4 is 39.3 Å². The van der Waals surface area contributed by atoms with Gasteiger partial charge in [-0.05, 0) is 36.8 Å². The molecule has 20 heavy (non-hydrogen) atoms. The topological polar surface area (TPSA) is 29.1 Å². The van der Waals surface area contributed by atoms with Crippen LogP contribution in [0.4, 0.5) is 5.69 Å².